The third-order valence-corrected chi connectivity index (χ3v) is 7.39. The summed E-state index contributed by atoms with van der Waals surface area (Å²) in [5.74, 6) is -0.387. The summed E-state index contributed by atoms with van der Waals surface area (Å²) in [4.78, 5) is 4.24. The highest BCUT2D eigenvalue weighted by atomic mass is 32.2. The molecule has 3 heterocycles. The summed E-state index contributed by atoms with van der Waals surface area (Å²) in [7, 11) is -3.67. The Bertz CT molecular complexity index is 953. The highest BCUT2D eigenvalue weighted by Gasteiger charge is 2.28. The smallest absolute Gasteiger partial charge is 0.218 e. The van der Waals surface area contributed by atoms with Crippen LogP contribution >= 0.6 is 0 Å². The molecule has 30 heavy (non-hydrogen) atoms. The summed E-state index contributed by atoms with van der Waals surface area (Å²) in [5, 5.41) is 8.68. The lowest BCUT2D eigenvalue weighted by Crippen LogP contribution is -2.49. The van der Waals surface area contributed by atoms with E-state index in [1.165, 1.54) is 23.6 Å². The first-order valence-electron chi connectivity index (χ1n) is 10.2. The molecule has 1 aromatic heterocycles. The molecule has 2 aliphatic heterocycles. The summed E-state index contributed by atoms with van der Waals surface area (Å²) in [6.07, 6.45) is 3.59. The molecule has 1 aromatic carbocycles. The molecule has 10 heteroatoms. The molecule has 162 valence electrons. The highest BCUT2D eigenvalue weighted by Crippen LogP contribution is 2.21. The van der Waals surface area contributed by atoms with Gasteiger partial charge in [0, 0.05) is 45.3 Å². The molecule has 0 unspecified atom stereocenters. The lowest BCUT2D eigenvalue weighted by molar-refractivity contribution is 0.383. The van der Waals surface area contributed by atoms with Crippen LogP contribution in [0.25, 0.3) is 0 Å². The van der Waals surface area contributed by atoms with Crippen molar-refractivity contribution in [3.63, 3.8) is 0 Å². The maximum atomic E-state index is 13.4. The van der Waals surface area contributed by atoms with Gasteiger partial charge in [-0.25, -0.2) is 17.2 Å². The Balaban J connectivity index is 1.36. The summed E-state index contributed by atoms with van der Waals surface area (Å²) in [6.45, 7) is 3.54. The van der Waals surface area contributed by atoms with E-state index in [-0.39, 0.29) is 18.7 Å². The van der Waals surface area contributed by atoms with Crippen molar-refractivity contribution in [3.05, 3.63) is 47.5 Å². The van der Waals surface area contributed by atoms with Gasteiger partial charge in [-0.2, -0.15) is 4.31 Å². The van der Waals surface area contributed by atoms with E-state index >= 15 is 0 Å². The van der Waals surface area contributed by atoms with Crippen LogP contribution in [-0.2, 0) is 15.8 Å². The average molecular weight is 438 g/mol. The van der Waals surface area contributed by atoms with Gasteiger partial charge in [0.25, 0.3) is 0 Å². The molecular weight excluding hydrogens is 412 g/mol. The van der Waals surface area contributed by atoms with Gasteiger partial charge in [-0.15, -0.1) is 10.2 Å². The maximum absolute atomic E-state index is 13.4. The third kappa shape index (κ3) is 4.86. The second-order valence-electron chi connectivity index (χ2n) is 7.72. The number of hydrogen-bond donors (Lipinski definition) is 0. The van der Waals surface area contributed by atoms with Gasteiger partial charge in [0.15, 0.2) is 11.6 Å². The molecule has 4 rings (SSSR count). The lowest BCUT2D eigenvalue weighted by atomic mass is 10.1. The summed E-state index contributed by atoms with van der Waals surface area (Å²) < 4.78 is 53.4. The Morgan fingerprint density at radius 3 is 1.83 bits per heavy atom. The fourth-order valence-corrected chi connectivity index (χ4v) is 5.46. The van der Waals surface area contributed by atoms with E-state index < -0.39 is 27.4 Å². The van der Waals surface area contributed by atoms with Crippen LogP contribution in [0.5, 0.6) is 0 Å². The largest absolute Gasteiger partial charge is 0.355 e. The molecule has 0 radical (unpaired) electrons. The van der Waals surface area contributed by atoms with E-state index in [0.717, 1.165) is 42.9 Å². The number of nitrogens with zero attached hydrogens (tertiary/aromatic N) is 5. The van der Waals surface area contributed by atoms with Crippen molar-refractivity contribution < 1.29 is 17.2 Å². The number of halogens is 2. The topological polar surface area (TPSA) is 69.6 Å². The Labute approximate surface area is 175 Å². The number of piperidine rings is 1. The lowest BCUT2D eigenvalue weighted by Gasteiger charge is -2.34. The number of anilines is 2. The van der Waals surface area contributed by atoms with Crippen LogP contribution in [0.15, 0.2) is 30.3 Å². The second kappa shape index (κ2) is 8.81. The molecule has 2 saturated heterocycles. The fourth-order valence-electron chi connectivity index (χ4n) is 3.97. The van der Waals surface area contributed by atoms with Gasteiger partial charge in [-0.05, 0) is 49.1 Å². The van der Waals surface area contributed by atoms with Crippen molar-refractivity contribution >= 4 is 21.7 Å². The number of sulfonamides is 1. The predicted molar refractivity (Wildman–Crippen MR) is 111 cm³/mol. The van der Waals surface area contributed by atoms with Crippen molar-refractivity contribution in [2.45, 2.75) is 25.0 Å². The molecular formula is C20H25F2N5O2S. The van der Waals surface area contributed by atoms with Gasteiger partial charge >= 0.3 is 0 Å². The number of hydrogen-bond acceptors (Lipinski definition) is 6. The molecule has 0 spiro atoms. The quantitative estimate of drug-likeness (QED) is 0.716. The molecule has 0 atom stereocenters. The van der Waals surface area contributed by atoms with Gasteiger partial charge in [0.2, 0.25) is 10.0 Å². The van der Waals surface area contributed by atoms with Crippen LogP contribution in [-0.4, -0.2) is 62.2 Å². The zero-order valence-electron chi connectivity index (χ0n) is 16.7. The molecule has 2 aromatic rings. The van der Waals surface area contributed by atoms with E-state index in [4.69, 9.17) is 0 Å². The maximum Gasteiger partial charge on any atom is 0.218 e. The molecule has 0 bridgehead atoms. The van der Waals surface area contributed by atoms with Crippen LogP contribution in [0.4, 0.5) is 20.4 Å². The van der Waals surface area contributed by atoms with Crippen molar-refractivity contribution in [1.29, 1.82) is 0 Å². The summed E-state index contributed by atoms with van der Waals surface area (Å²) in [6, 6.07) is 6.73. The van der Waals surface area contributed by atoms with E-state index in [9.17, 15) is 17.2 Å². The molecule has 2 aliphatic rings. The second-order valence-corrected chi connectivity index (χ2v) is 9.69. The monoisotopic (exact) mass is 437 g/mol. The van der Waals surface area contributed by atoms with Gasteiger partial charge in [-0.1, -0.05) is 0 Å². The van der Waals surface area contributed by atoms with Crippen LogP contribution in [0.2, 0.25) is 0 Å². The van der Waals surface area contributed by atoms with E-state index in [0.29, 0.717) is 13.1 Å². The van der Waals surface area contributed by atoms with Crippen molar-refractivity contribution in [2.24, 2.45) is 0 Å². The molecule has 7 nitrogen and oxygen atoms in total. The van der Waals surface area contributed by atoms with Crippen LogP contribution in [0.1, 0.15) is 24.8 Å². The van der Waals surface area contributed by atoms with Crippen molar-refractivity contribution in [1.82, 2.24) is 14.5 Å². The first kappa shape index (κ1) is 20.9. The number of rotatable bonds is 5. The SMILES string of the molecule is O=S(=O)(Cc1cc(F)cc(F)c1)N1CCN(c2ccc(N3CCCCC3)nn2)CC1. The van der Waals surface area contributed by atoms with E-state index in [2.05, 4.69) is 15.1 Å². The molecule has 0 saturated carbocycles. The Hall–Kier alpha value is -2.33. The van der Waals surface area contributed by atoms with Gasteiger partial charge in [-0.3, -0.25) is 0 Å². The zero-order valence-corrected chi connectivity index (χ0v) is 17.5. The van der Waals surface area contributed by atoms with E-state index in [1.807, 2.05) is 17.0 Å². The number of benzene rings is 1. The first-order chi connectivity index (χ1) is 14.4. The normalized spacial score (nSPS) is 18.6. The van der Waals surface area contributed by atoms with Crippen molar-refractivity contribution in [3.8, 4) is 0 Å². The summed E-state index contributed by atoms with van der Waals surface area (Å²) in [5.41, 5.74) is 0.106. The van der Waals surface area contributed by atoms with Crippen LogP contribution < -0.4 is 9.80 Å². The Morgan fingerprint density at radius 2 is 1.30 bits per heavy atom. The minimum Gasteiger partial charge on any atom is -0.355 e. The minimum atomic E-state index is -3.67. The van der Waals surface area contributed by atoms with Gasteiger partial charge in [0.05, 0.1) is 5.75 Å². The first-order valence-corrected chi connectivity index (χ1v) is 11.8. The predicted octanol–water partition coefficient (Wildman–Crippen LogP) is 2.40. The number of piperazine rings is 1. The molecule has 0 N–H and O–H groups in total. The molecule has 0 aliphatic carbocycles. The van der Waals surface area contributed by atoms with Gasteiger partial charge < -0.3 is 9.80 Å². The minimum absolute atomic E-state index is 0.106. The van der Waals surface area contributed by atoms with Crippen LogP contribution in [0.3, 0.4) is 0 Å². The Kier molecular flexibility index (Phi) is 6.14. The Morgan fingerprint density at radius 1 is 0.767 bits per heavy atom. The number of aromatic nitrogens is 2. The molecule has 0 amide bonds. The van der Waals surface area contributed by atoms with Crippen LogP contribution in [0, 0.1) is 11.6 Å². The fraction of sp³-hybridized carbons (Fsp3) is 0.500. The zero-order chi connectivity index (χ0) is 21.1. The molecule has 2 fully saturated rings. The van der Waals surface area contributed by atoms with Gasteiger partial charge in [0.1, 0.15) is 11.6 Å². The highest BCUT2D eigenvalue weighted by molar-refractivity contribution is 7.88. The standard InChI is InChI=1S/C20H25F2N5O2S/c21-17-12-16(13-18(22)14-17)15-30(28,29)27-10-8-26(9-11-27)20-5-4-19(23-24-20)25-6-2-1-3-7-25/h4-5,12-14H,1-3,6-11,15H2. The third-order valence-electron chi connectivity index (χ3n) is 5.54. The summed E-state index contributed by atoms with van der Waals surface area (Å²) >= 11 is 0. The van der Waals surface area contributed by atoms with E-state index in [1.54, 1.807) is 0 Å². The average Bonchev–Trinajstić information content (AvgIpc) is 2.73. The van der Waals surface area contributed by atoms with Crippen molar-refractivity contribution in [2.75, 3.05) is 49.1 Å².